The van der Waals surface area contributed by atoms with Crippen LogP contribution in [-0.4, -0.2) is 29.9 Å². The summed E-state index contributed by atoms with van der Waals surface area (Å²) in [5.41, 5.74) is 6.92. The Morgan fingerprint density at radius 2 is 2.00 bits per heavy atom. The van der Waals surface area contributed by atoms with Crippen LogP contribution in [0.25, 0.3) is 0 Å². The van der Waals surface area contributed by atoms with Crippen LogP contribution in [0.5, 0.6) is 0 Å². The lowest BCUT2D eigenvalue weighted by Crippen LogP contribution is -2.35. The van der Waals surface area contributed by atoms with E-state index in [-0.39, 0.29) is 24.4 Å². The number of amides is 1. The van der Waals surface area contributed by atoms with Gasteiger partial charge in [-0.25, -0.2) is 0 Å². The molecule has 0 aliphatic carbocycles. The second-order valence-corrected chi connectivity index (χ2v) is 3.96. The van der Waals surface area contributed by atoms with Crippen LogP contribution >= 0.6 is 12.4 Å². The van der Waals surface area contributed by atoms with E-state index >= 15 is 0 Å². The van der Waals surface area contributed by atoms with Gasteiger partial charge >= 0.3 is 0 Å². The van der Waals surface area contributed by atoms with Gasteiger partial charge in [-0.1, -0.05) is 30.3 Å². The van der Waals surface area contributed by atoms with Crippen molar-refractivity contribution in [3.63, 3.8) is 0 Å². The van der Waals surface area contributed by atoms with E-state index in [2.05, 4.69) is 12.1 Å². The molecule has 3 nitrogen and oxygen atoms in total. The summed E-state index contributed by atoms with van der Waals surface area (Å²) >= 11 is 0. The lowest BCUT2D eigenvalue weighted by atomic mass is 10.1. The number of likely N-dealkylation sites (tertiary alicyclic amines) is 1. The van der Waals surface area contributed by atoms with E-state index in [1.165, 1.54) is 5.56 Å². The third-order valence-corrected chi connectivity index (χ3v) is 2.85. The second kappa shape index (κ2) is 5.87. The van der Waals surface area contributed by atoms with Gasteiger partial charge in [0.25, 0.3) is 0 Å². The van der Waals surface area contributed by atoms with Crippen molar-refractivity contribution < 1.29 is 4.79 Å². The first-order valence-electron chi connectivity index (χ1n) is 5.35. The van der Waals surface area contributed by atoms with Crippen LogP contribution in [0.1, 0.15) is 12.0 Å². The smallest absolute Gasteiger partial charge is 0.239 e. The molecule has 1 atom stereocenters. The maximum atomic E-state index is 11.5. The van der Waals surface area contributed by atoms with E-state index in [4.69, 9.17) is 5.73 Å². The molecule has 1 fully saturated rings. The number of nitrogens with zero attached hydrogens (tertiary/aromatic N) is 1. The monoisotopic (exact) mass is 240 g/mol. The summed E-state index contributed by atoms with van der Waals surface area (Å²) in [5.74, 6) is 0.103. The molecule has 0 bridgehead atoms. The third kappa shape index (κ3) is 2.97. The second-order valence-electron chi connectivity index (χ2n) is 3.96. The van der Waals surface area contributed by atoms with Gasteiger partial charge in [0.15, 0.2) is 0 Å². The highest BCUT2D eigenvalue weighted by Gasteiger charge is 2.27. The topological polar surface area (TPSA) is 46.3 Å². The fourth-order valence-electron chi connectivity index (χ4n) is 1.89. The average molecular weight is 241 g/mol. The van der Waals surface area contributed by atoms with Gasteiger partial charge in [0, 0.05) is 13.1 Å². The summed E-state index contributed by atoms with van der Waals surface area (Å²) in [5, 5.41) is 0. The quantitative estimate of drug-likeness (QED) is 0.864. The van der Waals surface area contributed by atoms with Crippen LogP contribution in [-0.2, 0) is 11.2 Å². The van der Waals surface area contributed by atoms with Gasteiger partial charge in [-0.3, -0.25) is 4.79 Å². The van der Waals surface area contributed by atoms with E-state index in [0.29, 0.717) is 0 Å². The molecule has 1 saturated heterocycles. The van der Waals surface area contributed by atoms with Gasteiger partial charge in [-0.05, 0) is 18.4 Å². The van der Waals surface area contributed by atoms with Crippen molar-refractivity contribution in [1.29, 1.82) is 0 Å². The minimum absolute atomic E-state index is 0. The van der Waals surface area contributed by atoms with Crippen LogP contribution in [0.2, 0.25) is 0 Å². The lowest BCUT2D eigenvalue weighted by Gasteiger charge is -2.15. The van der Waals surface area contributed by atoms with E-state index in [1.54, 1.807) is 0 Å². The molecule has 1 aliphatic rings. The summed E-state index contributed by atoms with van der Waals surface area (Å²) < 4.78 is 0. The number of nitrogens with two attached hydrogens (primary N) is 1. The molecule has 1 amide bonds. The van der Waals surface area contributed by atoms with Crippen molar-refractivity contribution in [3.05, 3.63) is 35.9 Å². The molecule has 1 aliphatic heterocycles. The van der Waals surface area contributed by atoms with Crippen molar-refractivity contribution >= 4 is 18.3 Å². The van der Waals surface area contributed by atoms with Crippen LogP contribution < -0.4 is 5.73 Å². The first kappa shape index (κ1) is 13.0. The predicted molar refractivity (Wildman–Crippen MR) is 66.6 cm³/mol. The molecule has 2 N–H and O–H groups in total. The number of carbonyl (C=O) groups excluding carboxylic acids is 1. The van der Waals surface area contributed by atoms with Gasteiger partial charge < -0.3 is 10.6 Å². The zero-order valence-corrected chi connectivity index (χ0v) is 9.95. The molecule has 0 radical (unpaired) electrons. The fraction of sp³-hybridized carbons (Fsp3) is 0.417. The van der Waals surface area contributed by atoms with Gasteiger partial charge in [0.1, 0.15) is 0 Å². The number of hydrogen-bond donors (Lipinski definition) is 1. The zero-order valence-electron chi connectivity index (χ0n) is 9.13. The molecule has 2 rings (SSSR count). The first-order chi connectivity index (χ1) is 7.27. The molecule has 0 spiro atoms. The maximum Gasteiger partial charge on any atom is 0.239 e. The molecule has 1 aromatic rings. The van der Waals surface area contributed by atoms with Gasteiger partial charge in [-0.2, -0.15) is 0 Å². The van der Waals surface area contributed by atoms with Gasteiger partial charge in [-0.15, -0.1) is 12.4 Å². The Hall–Kier alpha value is -1.06. The Morgan fingerprint density at radius 3 is 2.56 bits per heavy atom. The highest BCUT2D eigenvalue weighted by atomic mass is 35.5. The molecular weight excluding hydrogens is 224 g/mol. The Bertz CT molecular complexity index is 342. The van der Waals surface area contributed by atoms with Gasteiger partial charge in [0.05, 0.1) is 6.04 Å². The highest BCUT2D eigenvalue weighted by molar-refractivity contribution is 5.85. The van der Waals surface area contributed by atoms with E-state index in [9.17, 15) is 4.79 Å². The maximum absolute atomic E-state index is 11.5. The van der Waals surface area contributed by atoms with Crippen molar-refractivity contribution in [2.75, 3.05) is 13.1 Å². The minimum Gasteiger partial charge on any atom is -0.341 e. The Labute approximate surface area is 102 Å². The fourth-order valence-corrected chi connectivity index (χ4v) is 1.89. The molecule has 4 heteroatoms. The van der Waals surface area contributed by atoms with Crippen LogP contribution in [0.3, 0.4) is 0 Å². The predicted octanol–water partition coefficient (Wildman–Crippen LogP) is 1.21. The molecule has 1 heterocycles. The van der Waals surface area contributed by atoms with E-state index in [0.717, 1.165) is 25.9 Å². The molecule has 0 saturated carbocycles. The van der Waals surface area contributed by atoms with Crippen LogP contribution in [0.15, 0.2) is 30.3 Å². The Balaban J connectivity index is 0.00000128. The first-order valence-corrected chi connectivity index (χ1v) is 5.35. The third-order valence-electron chi connectivity index (χ3n) is 2.85. The number of halogens is 1. The number of hydrogen-bond acceptors (Lipinski definition) is 2. The van der Waals surface area contributed by atoms with Crippen molar-refractivity contribution in [2.45, 2.75) is 18.9 Å². The minimum atomic E-state index is -0.263. The molecule has 88 valence electrons. The average Bonchev–Trinajstić information content (AvgIpc) is 2.59. The molecule has 0 unspecified atom stereocenters. The van der Waals surface area contributed by atoms with Crippen molar-refractivity contribution in [1.82, 2.24) is 4.90 Å². The standard InChI is InChI=1S/C12H16N2O.ClH/c13-11-7-9-14(12(11)15)8-6-10-4-2-1-3-5-10;/h1-5,11H,6-9,13H2;1H/t11-;/m1./s1. The normalized spacial score (nSPS) is 19.7. The molecule has 16 heavy (non-hydrogen) atoms. The van der Waals surface area contributed by atoms with Crippen molar-refractivity contribution in [3.8, 4) is 0 Å². The van der Waals surface area contributed by atoms with Crippen LogP contribution in [0.4, 0.5) is 0 Å². The van der Waals surface area contributed by atoms with Crippen LogP contribution in [0, 0.1) is 0 Å². The SMILES string of the molecule is Cl.N[C@@H]1CCN(CCc2ccccc2)C1=O. The Kier molecular flexibility index (Phi) is 4.77. The number of benzene rings is 1. The molecular formula is C12H17ClN2O. The summed E-state index contributed by atoms with van der Waals surface area (Å²) in [4.78, 5) is 13.4. The highest BCUT2D eigenvalue weighted by Crippen LogP contribution is 2.10. The largest absolute Gasteiger partial charge is 0.341 e. The van der Waals surface area contributed by atoms with Gasteiger partial charge in [0.2, 0.25) is 5.91 Å². The molecule has 1 aromatic carbocycles. The zero-order chi connectivity index (χ0) is 10.7. The summed E-state index contributed by atoms with van der Waals surface area (Å²) in [6, 6.07) is 9.95. The van der Waals surface area contributed by atoms with E-state index in [1.807, 2.05) is 23.1 Å². The lowest BCUT2D eigenvalue weighted by molar-refractivity contribution is -0.128. The Morgan fingerprint density at radius 1 is 1.31 bits per heavy atom. The number of carbonyl (C=O) groups is 1. The van der Waals surface area contributed by atoms with Crippen molar-refractivity contribution in [2.24, 2.45) is 5.73 Å². The summed E-state index contributed by atoms with van der Waals surface area (Å²) in [6.07, 6.45) is 1.72. The number of rotatable bonds is 3. The molecule has 0 aromatic heterocycles. The van der Waals surface area contributed by atoms with E-state index < -0.39 is 0 Å². The summed E-state index contributed by atoms with van der Waals surface area (Å²) in [7, 11) is 0. The summed E-state index contributed by atoms with van der Waals surface area (Å²) in [6.45, 7) is 1.60.